The van der Waals surface area contributed by atoms with E-state index in [4.69, 9.17) is 0 Å². The highest BCUT2D eigenvalue weighted by molar-refractivity contribution is 9.10. The molecule has 1 aliphatic rings. The molecule has 1 saturated heterocycles. The molecule has 1 aromatic rings. The van der Waals surface area contributed by atoms with Gasteiger partial charge in [-0.3, -0.25) is 4.79 Å². The first-order chi connectivity index (χ1) is 8.58. The molecule has 1 heterocycles. The van der Waals surface area contributed by atoms with Crippen LogP contribution in [-0.4, -0.2) is 24.5 Å². The molecule has 2 N–H and O–H groups in total. The van der Waals surface area contributed by atoms with Crippen LogP contribution in [0, 0.1) is 5.82 Å². The first-order valence-corrected chi connectivity index (χ1v) is 6.86. The highest BCUT2D eigenvalue weighted by Gasteiger charge is 2.23. The summed E-state index contributed by atoms with van der Waals surface area (Å²) in [6, 6.07) is 4.66. The number of carbonyl (C=O) groups excluding carboxylic acids is 1. The summed E-state index contributed by atoms with van der Waals surface area (Å²) in [5, 5.41) is 6.19. The van der Waals surface area contributed by atoms with E-state index in [0.29, 0.717) is 4.47 Å². The smallest absolute Gasteiger partial charge is 0.254 e. The molecule has 2 rings (SSSR count). The van der Waals surface area contributed by atoms with Crippen LogP contribution in [0.25, 0.3) is 0 Å². The Labute approximate surface area is 126 Å². The van der Waals surface area contributed by atoms with Crippen molar-refractivity contribution in [2.24, 2.45) is 0 Å². The maximum Gasteiger partial charge on any atom is 0.254 e. The van der Waals surface area contributed by atoms with Gasteiger partial charge in [-0.15, -0.1) is 12.4 Å². The fourth-order valence-corrected chi connectivity index (χ4v) is 2.52. The molecule has 3 nitrogen and oxygen atoms in total. The minimum Gasteiger partial charge on any atom is -0.348 e. The van der Waals surface area contributed by atoms with Crippen LogP contribution in [-0.2, 0) is 0 Å². The number of halogens is 3. The minimum atomic E-state index is -0.493. The van der Waals surface area contributed by atoms with E-state index >= 15 is 0 Å². The molecule has 1 fully saturated rings. The fraction of sp³-hybridized carbons (Fsp3) is 0.462. The van der Waals surface area contributed by atoms with Crippen LogP contribution in [0.1, 0.15) is 30.1 Å². The summed E-state index contributed by atoms with van der Waals surface area (Å²) in [6.45, 7) is 3.00. The van der Waals surface area contributed by atoms with Crippen molar-refractivity contribution in [1.82, 2.24) is 10.6 Å². The lowest BCUT2D eigenvalue weighted by atomic mass is 9.99. The summed E-state index contributed by atoms with van der Waals surface area (Å²) >= 11 is 3.24. The molecule has 1 aliphatic heterocycles. The van der Waals surface area contributed by atoms with Crippen molar-refractivity contribution < 1.29 is 9.18 Å². The van der Waals surface area contributed by atoms with Crippen LogP contribution in [0.2, 0.25) is 0 Å². The van der Waals surface area contributed by atoms with Crippen LogP contribution >= 0.6 is 28.3 Å². The van der Waals surface area contributed by atoms with Gasteiger partial charge in [0.1, 0.15) is 5.82 Å². The molecule has 6 heteroatoms. The van der Waals surface area contributed by atoms with E-state index in [1.54, 1.807) is 6.07 Å². The standard InChI is InChI=1S/C13H16BrFN2O.ClH/c1-8-12(3-2-6-16-8)17-13(18)10-7-9(14)4-5-11(10)15;/h4-5,7-8,12,16H,2-3,6H2,1H3,(H,17,18);1H. The van der Waals surface area contributed by atoms with Gasteiger partial charge >= 0.3 is 0 Å². The van der Waals surface area contributed by atoms with Crippen molar-refractivity contribution in [2.45, 2.75) is 31.8 Å². The normalized spacial score (nSPS) is 22.5. The first kappa shape index (κ1) is 16.4. The fourth-order valence-electron chi connectivity index (χ4n) is 2.16. The lowest BCUT2D eigenvalue weighted by Gasteiger charge is -2.30. The molecule has 1 aromatic carbocycles. The van der Waals surface area contributed by atoms with Gasteiger partial charge in [-0.2, -0.15) is 0 Å². The molecule has 0 aromatic heterocycles. The summed E-state index contributed by atoms with van der Waals surface area (Å²) in [4.78, 5) is 12.0. The number of rotatable bonds is 2. The van der Waals surface area contributed by atoms with Crippen LogP contribution in [0.15, 0.2) is 22.7 Å². The maximum absolute atomic E-state index is 13.6. The van der Waals surface area contributed by atoms with Crippen molar-refractivity contribution in [3.8, 4) is 0 Å². The SMILES string of the molecule is CC1NCCCC1NC(=O)c1cc(Br)ccc1F.Cl. The third kappa shape index (κ3) is 4.16. The van der Waals surface area contributed by atoms with Gasteiger partial charge in [-0.25, -0.2) is 4.39 Å². The average molecular weight is 352 g/mol. The highest BCUT2D eigenvalue weighted by Crippen LogP contribution is 2.16. The Morgan fingerprint density at radius 3 is 2.95 bits per heavy atom. The number of benzene rings is 1. The van der Waals surface area contributed by atoms with Gasteiger partial charge in [-0.05, 0) is 44.5 Å². The summed E-state index contributed by atoms with van der Waals surface area (Å²) in [5.41, 5.74) is 0.0853. The lowest BCUT2D eigenvalue weighted by Crippen LogP contribution is -2.52. The molecular weight excluding hydrogens is 335 g/mol. The Kier molecular flexibility index (Phi) is 6.23. The van der Waals surface area contributed by atoms with Gasteiger partial charge < -0.3 is 10.6 Å². The molecule has 0 radical (unpaired) electrons. The summed E-state index contributed by atoms with van der Waals surface area (Å²) in [5.74, 6) is -0.846. The van der Waals surface area contributed by atoms with Gasteiger partial charge in [0.05, 0.1) is 5.56 Å². The van der Waals surface area contributed by atoms with Crippen molar-refractivity contribution in [1.29, 1.82) is 0 Å². The van der Waals surface area contributed by atoms with Crippen molar-refractivity contribution in [2.75, 3.05) is 6.54 Å². The molecule has 106 valence electrons. The molecule has 2 unspecified atom stereocenters. The highest BCUT2D eigenvalue weighted by atomic mass is 79.9. The Morgan fingerprint density at radius 1 is 1.53 bits per heavy atom. The quantitative estimate of drug-likeness (QED) is 0.860. The second-order valence-corrected chi connectivity index (χ2v) is 5.50. The zero-order valence-electron chi connectivity index (χ0n) is 10.6. The molecule has 2 atom stereocenters. The number of nitrogens with one attached hydrogen (secondary N) is 2. The third-order valence-electron chi connectivity index (χ3n) is 3.25. The predicted molar refractivity (Wildman–Crippen MR) is 79.3 cm³/mol. The van der Waals surface area contributed by atoms with E-state index in [0.717, 1.165) is 19.4 Å². The number of carbonyl (C=O) groups is 1. The van der Waals surface area contributed by atoms with E-state index in [2.05, 4.69) is 26.6 Å². The van der Waals surface area contributed by atoms with Gasteiger partial charge in [0.15, 0.2) is 0 Å². The largest absolute Gasteiger partial charge is 0.348 e. The van der Waals surface area contributed by atoms with E-state index in [1.807, 2.05) is 6.92 Å². The second-order valence-electron chi connectivity index (χ2n) is 4.59. The third-order valence-corrected chi connectivity index (χ3v) is 3.74. The minimum absolute atomic E-state index is 0. The van der Waals surface area contributed by atoms with E-state index in [1.165, 1.54) is 12.1 Å². The van der Waals surface area contributed by atoms with Crippen LogP contribution in [0.5, 0.6) is 0 Å². The van der Waals surface area contributed by atoms with Crippen LogP contribution in [0.3, 0.4) is 0 Å². The molecular formula is C13H17BrClFN2O. The Bertz CT molecular complexity index is 458. The summed E-state index contributed by atoms with van der Waals surface area (Å²) < 4.78 is 14.3. The number of amides is 1. The number of piperidine rings is 1. The molecule has 0 bridgehead atoms. The first-order valence-electron chi connectivity index (χ1n) is 6.07. The molecule has 1 amide bonds. The van der Waals surface area contributed by atoms with Gasteiger partial charge in [0.2, 0.25) is 0 Å². The Hall–Kier alpha value is -0.650. The summed E-state index contributed by atoms with van der Waals surface area (Å²) in [7, 11) is 0. The zero-order chi connectivity index (χ0) is 13.1. The number of hydrogen-bond donors (Lipinski definition) is 2. The predicted octanol–water partition coefficient (Wildman–Crippen LogP) is 2.88. The number of hydrogen-bond acceptors (Lipinski definition) is 2. The van der Waals surface area contributed by atoms with Crippen LogP contribution < -0.4 is 10.6 Å². The topological polar surface area (TPSA) is 41.1 Å². The molecule has 19 heavy (non-hydrogen) atoms. The molecule has 0 saturated carbocycles. The van der Waals surface area contributed by atoms with Crippen LogP contribution in [0.4, 0.5) is 4.39 Å². The Morgan fingerprint density at radius 2 is 2.26 bits per heavy atom. The van der Waals surface area contributed by atoms with Crippen molar-refractivity contribution in [3.05, 3.63) is 34.1 Å². The molecule has 0 aliphatic carbocycles. The summed E-state index contributed by atoms with van der Waals surface area (Å²) in [6.07, 6.45) is 1.95. The Balaban J connectivity index is 0.00000180. The van der Waals surface area contributed by atoms with Crippen molar-refractivity contribution in [3.63, 3.8) is 0 Å². The van der Waals surface area contributed by atoms with Gasteiger partial charge in [0, 0.05) is 16.6 Å². The van der Waals surface area contributed by atoms with E-state index in [9.17, 15) is 9.18 Å². The van der Waals surface area contributed by atoms with Gasteiger partial charge in [0.25, 0.3) is 5.91 Å². The van der Waals surface area contributed by atoms with E-state index < -0.39 is 5.82 Å². The zero-order valence-corrected chi connectivity index (χ0v) is 13.0. The molecule has 0 spiro atoms. The second kappa shape index (κ2) is 7.22. The average Bonchev–Trinajstić information content (AvgIpc) is 2.35. The monoisotopic (exact) mass is 350 g/mol. The van der Waals surface area contributed by atoms with E-state index in [-0.39, 0.29) is 36.0 Å². The van der Waals surface area contributed by atoms with Gasteiger partial charge in [-0.1, -0.05) is 15.9 Å². The van der Waals surface area contributed by atoms with Crippen molar-refractivity contribution >= 4 is 34.2 Å². The lowest BCUT2D eigenvalue weighted by molar-refractivity contribution is 0.0915. The maximum atomic E-state index is 13.6.